The van der Waals surface area contributed by atoms with Gasteiger partial charge in [-0.3, -0.25) is 14.4 Å². The Labute approximate surface area is 164 Å². The average molecular weight is 412 g/mol. The number of amides is 3. The first-order chi connectivity index (χ1) is 12.7. The number of benzene rings is 1. The SMILES string of the molecule is CCOC(=O)C1=NN(C(C)=O)C2(CC(=O)N(c3ccc(Cl)c(Cl)c3)C2=O)C1. The molecule has 2 aliphatic rings. The van der Waals surface area contributed by atoms with Gasteiger partial charge in [-0.15, -0.1) is 0 Å². The fourth-order valence-corrected chi connectivity index (χ4v) is 3.51. The lowest BCUT2D eigenvalue weighted by Crippen LogP contribution is -2.51. The van der Waals surface area contributed by atoms with Crippen LogP contribution in [0.15, 0.2) is 23.3 Å². The first kappa shape index (κ1) is 19.3. The molecule has 2 aliphatic heterocycles. The second-order valence-corrected chi connectivity index (χ2v) is 6.93. The Kier molecular flexibility index (Phi) is 4.96. The van der Waals surface area contributed by atoms with Gasteiger partial charge >= 0.3 is 5.97 Å². The third-order valence-corrected chi connectivity index (χ3v) is 5.09. The Morgan fingerprint density at radius 3 is 2.52 bits per heavy atom. The number of hydrogen-bond acceptors (Lipinski definition) is 6. The van der Waals surface area contributed by atoms with E-state index in [-0.39, 0.29) is 40.9 Å². The largest absolute Gasteiger partial charge is 0.461 e. The monoisotopic (exact) mass is 411 g/mol. The number of nitrogens with zero attached hydrogens (tertiary/aromatic N) is 3. The summed E-state index contributed by atoms with van der Waals surface area (Å²) in [6, 6.07) is 4.32. The summed E-state index contributed by atoms with van der Waals surface area (Å²) in [6.45, 7) is 2.95. The first-order valence-electron chi connectivity index (χ1n) is 8.09. The van der Waals surface area contributed by atoms with Crippen molar-refractivity contribution in [1.82, 2.24) is 5.01 Å². The van der Waals surface area contributed by atoms with Crippen molar-refractivity contribution in [3.05, 3.63) is 28.2 Å². The maximum Gasteiger partial charge on any atom is 0.354 e. The molecule has 1 aromatic rings. The zero-order chi connectivity index (χ0) is 19.9. The zero-order valence-corrected chi connectivity index (χ0v) is 16.0. The highest BCUT2D eigenvalue weighted by atomic mass is 35.5. The molecule has 142 valence electrons. The number of hydrogen-bond donors (Lipinski definition) is 0. The number of halogens is 2. The number of carbonyl (C=O) groups is 4. The molecule has 1 saturated heterocycles. The summed E-state index contributed by atoms with van der Waals surface area (Å²) in [5.41, 5.74) is -1.44. The highest BCUT2D eigenvalue weighted by molar-refractivity contribution is 6.42. The van der Waals surface area contributed by atoms with Crippen LogP contribution in [0.1, 0.15) is 26.7 Å². The summed E-state index contributed by atoms with van der Waals surface area (Å²) in [5, 5.41) is 5.31. The van der Waals surface area contributed by atoms with Crippen molar-refractivity contribution in [1.29, 1.82) is 0 Å². The molecular weight excluding hydrogens is 397 g/mol. The molecule has 3 rings (SSSR count). The fraction of sp³-hybridized carbons (Fsp3) is 0.353. The molecule has 2 heterocycles. The van der Waals surface area contributed by atoms with Gasteiger partial charge in [0.15, 0.2) is 5.54 Å². The van der Waals surface area contributed by atoms with Crippen molar-refractivity contribution in [3.8, 4) is 0 Å². The second-order valence-electron chi connectivity index (χ2n) is 6.12. The number of carbonyl (C=O) groups excluding carboxylic acids is 4. The Bertz CT molecular complexity index is 901. The van der Waals surface area contributed by atoms with Gasteiger partial charge in [0, 0.05) is 13.3 Å². The van der Waals surface area contributed by atoms with E-state index < -0.39 is 29.2 Å². The van der Waals surface area contributed by atoms with Gasteiger partial charge in [0.05, 0.1) is 28.8 Å². The van der Waals surface area contributed by atoms with Gasteiger partial charge in [0.1, 0.15) is 5.71 Å². The molecule has 0 bridgehead atoms. The molecule has 27 heavy (non-hydrogen) atoms. The molecule has 0 radical (unpaired) electrons. The highest BCUT2D eigenvalue weighted by Crippen LogP contribution is 2.41. The minimum atomic E-state index is -1.59. The topological polar surface area (TPSA) is 96.3 Å². The van der Waals surface area contributed by atoms with E-state index in [4.69, 9.17) is 27.9 Å². The van der Waals surface area contributed by atoms with Crippen molar-refractivity contribution in [2.24, 2.45) is 5.10 Å². The van der Waals surface area contributed by atoms with E-state index in [1.807, 2.05) is 0 Å². The molecule has 0 N–H and O–H groups in total. The number of hydrazone groups is 1. The van der Waals surface area contributed by atoms with Crippen molar-refractivity contribution in [2.45, 2.75) is 32.2 Å². The quantitative estimate of drug-likeness (QED) is 0.560. The van der Waals surface area contributed by atoms with Crippen LogP contribution in [-0.2, 0) is 23.9 Å². The maximum absolute atomic E-state index is 13.2. The zero-order valence-electron chi connectivity index (χ0n) is 14.5. The van der Waals surface area contributed by atoms with E-state index >= 15 is 0 Å². The van der Waals surface area contributed by atoms with E-state index in [2.05, 4.69) is 5.10 Å². The molecule has 1 unspecified atom stereocenters. The Morgan fingerprint density at radius 2 is 1.93 bits per heavy atom. The summed E-state index contributed by atoms with van der Waals surface area (Å²) >= 11 is 11.9. The lowest BCUT2D eigenvalue weighted by molar-refractivity contribution is -0.141. The molecule has 1 fully saturated rings. The Balaban J connectivity index is 2.00. The van der Waals surface area contributed by atoms with Crippen LogP contribution < -0.4 is 4.90 Å². The van der Waals surface area contributed by atoms with Crippen LogP contribution in [0.2, 0.25) is 10.0 Å². The Hall–Kier alpha value is -2.45. The van der Waals surface area contributed by atoms with Crippen LogP contribution in [0.25, 0.3) is 0 Å². The fourth-order valence-electron chi connectivity index (χ4n) is 3.22. The third-order valence-electron chi connectivity index (χ3n) is 4.35. The Morgan fingerprint density at radius 1 is 1.22 bits per heavy atom. The summed E-state index contributed by atoms with van der Waals surface area (Å²) < 4.78 is 4.91. The standard InChI is InChI=1S/C17H15Cl2N3O5/c1-3-27-15(25)13-7-17(22(20-13)9(2)23)8-14(24)21(16(17)26)10-4-5-11(18)12(19)6-10/h4-6H,3,7-8H2,1-2H3. The van der Waals surface area contributed by atoms with Gasteiger partial charge in [-0.1, -0.05) is 23.2 Å². The minimum absolute atomic E-state index is 0.0795. The molecule has 1 aromatic carbocycles. The number of esters is 1. The number of imide groups is 1. The van der Waals surface area contributed by atoms with Crippen molar-refractivity contribution in [3.63, 3.8) is 0 Å². The highest BCUT2D eigenvalue weighted by Gasteiger charge is 2.61. The van der Waals surface area contributed by atoms with Gasteiger partial charge in [-0.05, 0) is 25.1 Å². The van der Waals surface area contributed by atoms with Gasteiger partial charge in [0.25, 0.3) is 5.91 Å². The number of ether oxygens (including phenoxy) is 1. The summed E-state index contributed by atoms with van der Waals surface area (Å²) in [5.74, 6) is -2.49. The predicted octanol–water partition coefficient (Wildman–Crippen LogP) is 2.17. The lowest BCUT2D eigenvalue weighted by Gasteiger charge is -2.28. The average Bonchev–Trinajstić information content (AvgIpc) is 3.10. The second kappa shape index (κ2) is 6.94. The van der Waals surface area contributed by atoms with Crippen LogP contribution >= 0.6 is 23.2 Å². The minimum Gasteiger partial charge on any atom is -0.461 e. The molecule has 10 heteroatoms. The van der Waals surface area contributed by atoms with E-state index in [1.54, 1.807) is 6.92 Å². The lowest BCUT2D eigenvalue weighted by atomic mass is 9.91. The number of rotatable bonds is 3. The van der Waals surface area contributed by atoms with Crippen LogP contribution in [0.4, 0.5) is 5.69 Å². The van der Waals surface area contributed by atoms with Crippen LogP contribution in [0.3, 0.4) is 0 Å². The molecular formula is C17H15Cl2N3O5. The van der Waals surface area contributed by atoms with Gasteiger partial charge in [-0.25, -0.2) is 14.7 Å². The van der Waals surface area contributed by atoms with Crippen LogP contribution in [-0.4, -0.2) is 46.6 Å². The van der Waals surface area contributed by atoms with Crippen molar-refractivity contribution in [2.75, 3.05) is 11.5 Å². The van der Waals surface area contributed by atoms with E-state index in [9.17, 15) is 19.2 Å². The van der Waals surface area contributed by atoms with E-state index in [0.29, 0.717) is 0 Å². The van der Waals surface area contributed by atoms with Gasteiger partial charge < -0.3 is 4.74 Å². The molecule has 0 saturated carbocycles. The van der Waals surface area contributed by atoms with Crippen molar-refractivity contribution < 1.29 is 23.9 Å². The molecule has 0 aliphatic carbocycles. The first-order valence-corrected chi connectivity index (χ1v) is 8.84. The molecule has 3 amide bonds. The normalized spacial score (nSPS) is 21.9. The van der Waals surface area contributed by atoms with Crippen LogP contribution in [0, 0.1) is 0 Å². The summed E-state index contributed by atoms with van der Waals surface area (Å²) in [7, 11) is 0. The predicted molar refractivity (Wildman–Crippen MR) is 97.5 cm³/mol. The summed E-state index contributed by atoms with van der Waals surface area (Å²) in [4.78, 5) is 50.9. The molecule has 1 spiro atoms. The summed E-state index contributed by atoms with van der Waals surface area (Å²) in [6.07, 6.45) is -0.508. The molecule has 1 atom stereocenters. The van der Waals surface area contributed by atoms with E-state index in [0.717, 1.165) is 9.91 Å². The smallest absolute Gasteiger partial charge is 0.354 e. The molecule has 8 nitrogen and oxygen atoms in total. The molecule has 0 aromatic heterocycles. The van der Waals surface area contributed by atoms with E-state index in [1.165, 1.54) is 25.1 Å². The maximum atomic E-state index is 13.2. The van der Waals surface area contributed by atoms with Gasteiger partial charge in [0.2, 0.25) is 11.8 Å². The number of anilines is 1. The van der Waals surface area contributed by atoms with Gasteiger partial charge in [-0.2, -0.15) is 5.10 Å². The van der Waals surface area contributed by atoms with Crippen molar-refractivity contribution >= 4 is 58.3 Å². The van der Waals surface area contributed by atoms with Crippen LogP contribution in [0.5, 0.6) is 0 Å². The third kappa shape index (κ3) is 3.08.